The number of nitrogens with zero attached hydrogens (tertiary/aromatic N) is 4. The van der Waals surface area contributed by atoms with Gasteiger partial charge in [-0.05, 0) is 12.1 Å². The van der Waals surface area contributed by atoms with Crippen LogP contribution in [0.5, 0.6) is 0 Å². The van der Waals surface area contributed by atoms with Crippen LogP contribution in [-0.4, -0.2) is 0 Å². The molecule has 0 saturated heterocycles. The first-order valence-electron chi connectivity index (χ1n) is 4.37. The number of hydrogen-bond acceptors (Lipinski definition) is 2. The summed E-state index contributed by atoms with van der Waals surface area (Å²) >= 11 is 0. The maximum atomic E-state index is 13.6. The fourth-order valence-corrected chi connectivity index (χ4v) is 1.20. The van der Waals surface area contributed by atoms with E-state index in [2.05, 4.69) is 9.69 Å². The summed E-state index contributed by atoms with van der Waals surface area (Å²) in [6, 6.07) is 4.13. The molecule has 0 heterocycles. The molecular weight excluding hydrogens is 238 g/mol. The molecule has 0 fully saturated rings. The molecule has 0 aliphatic carbocycles. The quantitative estimate of drug-likeness (QED) is 0.637. The summed E-state index contributed by atoms with van der Waals surface area (Å²) in [6.45, 7) is 13.3. The maximum absolute atomic E-state index is 13.6. The lowest BCUT2D eigenvalue weighted by Crippen LogP contribution is -2.20. The lowest BCUT2D eigenvalue weighted by atomic mass is 10.2. The van der Waals surface area contributed by atoms with Crippen molar-refractivity contribution in [2.75, 3.05) is 0 Å². The number of halogens is 2. The average Bonchev–Trinajstić information content (AvgIpc) is 2.37. The minimum absolute atomic E-state index is 0.490. The molecule has 1 aromatic carbocycles. The van der Waals surface area contributed by atoms with Crippen LogP contribution in [0.25, 0.3) is 21.1 Å². The van der Waals surface area contributed by atoms with Crippen molar-refractivity contribution in [1.29, 1.82) is 10.5 Å². The van der Waals surface area contributed by atoms with E-state index >= 15 is 0 Å². The van der Waals surface area contributed by atoms with Crippen LogP contribution in [0.3, 0.4) is 0 Å². The Morgan fingerprint density at radius 2 is 1.28 bits per heavy atom. The molecule has 1 aromatic rings. The van der Waals surface area contributed by atoms with Crippen LogP contribution in [0, 0.1) is 47.4 Å². The summed E-state index contributed by atoms with van der Waals surface area (Å²) in [4.78, 5) is 5.52. The van der Waals surface area contributed by atoms with Crippen molar-refractivity contribution in [3.63, 3.8) is 0 Å². The molecule has 4 nitrogen and oxygen atoms in total. The molecule has 0 atom stereocenters. The Morgan fingerprint density at radius 3 is 1.50 bits per heavy atom. The van der Waals surface area contributed by atoms with Crippen molar-refractivity contribution in [2.45, 2.75) is 0 Å². The van der Waals surface area contributed by atoms with Crippen molar-refractivity contribution < 1.29 is 8.78 Å². The average molecular weight is 240 g/mol. The largest absolute Gasteiger partial charge is 0.271 e. The van der Waals surface area contributed by atoms with Gasteiger partial charge in [0, 0.05) is 10.4 Å². The second kappa shape index (κ2) is 5.21. The fraction of sp³-hybridized carbons (Fsp3) is 0. The van der Waals surface area contributed by atoms with Crippen LogP contribution >= 0.6 is 0 Å². The molecule has 0 spiro atoms. The van der Waals surface area contributed by atoms with Gasteiger partial charge in [0.25, 0.3) is 11.4 Å². The molecule has 0 aromatic heterocycles. The van der Waals surface area contributed by atoms with Gasteiger partial charge in [-0.3, -0.25) is 0 Å². The van der Waals surface area contributed by atoms with Crippen LogP contribution in [0.15, 0.2) is 12.1 Å². The standard InChI is InChI=1S/C12H2F2N4/c1-17-11(5-15)7-3-10(14)8(4-9(7)13)12(6-16)18-2/h3-4H/b11-7-,12-8+. The number of nitriles is 2. The van der Waals surface area contributed by atoms with Gasteiger partial charge in [-0.15, -0.1) is 0 Å². The highest BCUT2D eigenvalue weighted by Crippen LogP contribution is 1.99. The highest BCUT2D eigenvalue weighted by molar-refractivity contribution is 5.68. The number of hydrogen-bond donors (Lipinski definition) is 0. The SMILES string of the molecule is [C-]#[N+]/C(C#N)=c1/cc(F)/c(=C(\C#N)[N+]#[C-])cc1F. The van der Waals surface area contributed by atoms with Gasteiger partial charge in [0.05, 0.1) is 25.3 Å². The van der Waals surface area contributed by atoms with Crippen molar-refractivity contribution in [1.82, 2.24) is 0 Å². The zero-order valence-electron chi connectivity index (χ0n) is 8.70. The Labute approximate surface area is 101 Å². The summed E-state index contributed by atoms with van der Waals surface area (Å²) in [5.74, 6) is -2.06. The van der Waals surface area contributed by atoms with Crippen molar-refractivity contribution in [2.24, 2.45) is 0 Å². The van der Waals surface area contributed by atoms with E-state index in [1.807, 2.05) is 0 Å². The zero-order valence-corrected chi connectivity index (χ0v) is 8.70. The molecule has 0 bridgehead atoms. The molecule has 0 radical (unpaired) electrons. The van der Waals surface area contributed by atoms with Gasteiger partial charge in [-0.2, -0.15) is 0 Å². The van der Waals surface area contributed by atoms with E-state index in [1.165, 1.54) is 12.1 Å². The molecule has 0 aliphatic heterocycles. The van der Waals surface area contributed by atoms with E-state index in [0.29, 0.717) is 12.1 Å². The van der Waals surface area contributed by atoms with E-state index in [1.54, 1.807) is 0 Å². The highest BCUT2D eigenvalue weighted by Gasteiger charge is 2.08. The second-order valence-electron chi connectivity index (χ2n) is 2.96. The lowest BCUT2D eigenvalue weighted by Gasteiger charge is -1.95. The Hall–Kier alpha value is -3.22. The van der Waals surface area contributed by atoms with Crippen LogP contribution in [0.2, 0.25) is 0 Å². The second-order valence-corrected chi connectivity index (χ2v) is 2.96. The van der Waals surface area contributed by atoms with E-state index in [0.717, 1.165) is 0 Å². The highest BCUT2D eigenvalue weighted by atomic mass is 19.1. The van der Waals surface area contributed by atoms with Crippen LogP contribution in [-0.2, 0) is 0 Å². The van der Waals surface area contributed by atoms with Crippen molar-refractivity contribution in [3.8, 4) is 12.1 Å². The monoisotopic (exact) mass is 240 g/mol. The van der Waals surface area contributed by atoms with Gasteiger partial charge < -0.3 is 0 Å². The molecule has 0 amide bonds. The summed E-state index contributed by atoms with van der Waals surface area (Å²) < 4.78 is 27.2. The first-order chi connectivity index (χ1) is 8.58. The molecule has 0 unspecified atom stereocenters. The Kier molecular flexibility index (Phi) is 3.72. The lowest BCUT2D eigenvalue weighted by molar-refractivity contribution is 0.585. The predicted molar refractivity (Wildman–Crippen MR) is 56.9 cm³/mol. The third kappa shape index (κ3) is 2.14. The predicted octanol–water partition coefficient (Wildman–Crippen LogP) is 1.07. The molecule has 0 saturated carbocycles. The van der Waals surface area contributed by atoms with Crippen molar-refractivity contribution in [3.05, 3.63) is 57.0 Å². The van der Waals surface area contributed by atoms with Crippen molar-refractivity contribution >= 4 is 11.4 Å². The Morgan fingerprint density at radius 1 is 0.944 bits per heavy atom. The third-order valence-electron chi connectivity index (χ3n) is 2.00. The summed E-state index contributed by atoms with van der Waals surface area (Å²) in [7, 11) is 0. The van der Waals surface area contributed by atoms with Gasteiger partial charge in [0.1, 0.15) is 11.6 Å². The third-order valence-corrected chi connectivity index (χ3v) is 2.00. The zero-order chi connectivity index (χ0) is 13.7. The van der Waals surface area contributed by atoms with Crippen LogP contribution in [0.4, 0.5) is 8.78 Å². The molecule has 84 valence electrons. The van der Waals surface area contributed by atoms with Gasteiger partial charge in [-0.1, -0.05) is 0 Å². The minimum atomic E-state index is -1.03. The summed E-state index contributed by atoms with van der Waals surface area (Å²) in [6.07, 6.45) is 0. The first-order valence-corrected chi connectivity index (χ1v) is 4.37. The van der Waals surface area contributed by atoms with Gasteiger partial charge in [0.15, 0.2) is 0 Å². The van der Waals surface area contributed by atoms with Gasteiger partial charge in [0.2, 0.25) is 0 Å². The molecule has 0 N–H and O–H groups in total. The molecule has 18 heavy (non-hydrogen) atoms. The number of benzene rings is 1. The van der Waals surface area contributed by atoms with Crippen LogP contribution in [0.1, 0.15) is 0 Å². The molecule has 6 heteroatoms. The van der Waals surface area contributed by atoms with E-state index in [9.17, 15) is 8.78 Å². The fourth-order valence-electron chi connectivity index (χ4n) is 1.20. The van der Waals surface area contributed by atoms with E-state index in [4.69, 9.17) is 23.7 Å². The van der Waals surface area contributed by atoms with E-state index in [-0.39, 0.29) is 0 Å². The summed E-state index contributed by atoms with van der Waals surface area (Å²) in [5.41, 5.74) is -1.20. The number of rotatable bonds is 0. The van der Waals surface area contributed by atoms with Gasteiger partial charge >= 0.3 is 0 Å². The Bertz CT molecular complexity index is 693. The molecule has 1 rings (SSSR count). The van der Waals surface area contributed by atoms with Crippen LogP contribution < -0.4 is 10.4 Å². The smallest absolute Gasteiger partial charge is 0.226 e. The Balaban J connectivity index is 3.96. The summed E-state index contributed by atoms with van der Waals surface area (Å²) in [5, 5.41) is 16.2. The normalized spacial score (nSPS) is 12.3. The molecular formula is C12H2F2N4. The maximum Gasteiger partial charge on any atom is 0.271 e. The minimum Gasteiger partial charge on any atom is -0.226 e. The van der Waals surface area contributed by atoms with E-state index < -0.39 is 33.5 Å². The topological polar surface area (TPSA) is 56.3 Å². The first kappa shape index (κ1) is 12.8. The molecule has 0 aliphatic rings. The van der Waals surface area contributed by atoms with Gasteiger partial charge in [-0.25, -0.2) is 29.0 Å².